The van der Waals surface area contributed by atoms with Crippen molar-refractivity contribution < 1.29 is 38.6 Å². The Bertz CT molecular complexity index is 581. The normalized spacial score (nSPS) is 22.5. The van der Waals surface area contributed by atoms with Crippen molar-refractivity contribution in [3.05, 3.63) is 51.0 Å². The summed E-state index contributed by atoms with van der Waals surface area (Å²) in [5, 5.41) is 0. The zero-order valence-corrected chi connectivity index (χ0v) is 19.7. The quantitative estimate of drug-likeness (QED) is 0.611. The molecule has 0 saturated heterocycles. The third-order valence-electron chi connectivity index (χ3n) is 6.57. The average molecular weight is 410 g/mol. The van der Waals surface area contributed by atoms with Gasteiger partial charge in [-0.25, -0.2) is 0 Å². The SMILES string of the molecule is CC1=C(C)C(C)(C)C([CH-]C2=C(C)C(C)=C(C)C2(C)C)=C1C.[Cl-].[Zr+2]. The van der Waals surface area contributed by atoms with Gasteiger partial charge < -0.3 is 12.4 Å². The summed E-state index contributed by atoms with van der Waals surface area (Å²) >= 11 is 0. The van der Waals surface area contributed by atoms with Gasteiger partial charge in [-0.3, -0.25) is 0 Å². The third kappa shape index (κ3) is 3.26. The first-order valence-electron chi connectivity index (χ1n) is 8.08. The molecule has 0 fully saturated rings. The molecule has 0 aromatic carbocycles. The van der Waals surface area contributed by atoms with Gasteiger partial charge in [0.1, 0.15) is 0 Å². The Kier molecular flexibility index (Phi) is 7.09. The first-order chi connectivity index (χ1) is 9.44. The van der Waals surface area contributed by atoms with Crippen LogP contribution in [-0.4, -0.2) is 0 Å². The van der Waals surface area contributed by atoms with Crippen molar-refractivity contribution in [2.75, 3.05) is 0 Å². The van der Waals surface area contributed by atoms with Gasteiger partial charge in [-0.05, 0) is 24.7 Å². The summed E-state index contributed by atoms with van der Waals surface area (Å²) < 4.78 is 0. The topological polar surface area (TPSA) is 0 Å². The molecule has 126 valence electrons. The molecule has 0 aliphatic heterocycles. The minimum atomic E-state index is 0. The summed E-state index contributed by atoms with van der Waals surface area (Å²) in [6, 6.07) is 0. The van der Waals surface area contributed by atoms with Gasteiger partial charge in [0.15, 0.2) is 0 Å². The van der Waals surface area contributed by atoms with Crippen molar-refractivity contribution in [3.8, 4) is 0 Å². The number of hydrogen-bond donors (Lipinski definition) is 0. The molecule has 0 spiro atoms. The predicted molar refractivity (Wildman–Crippen MR) is 94.0 cm³/mol. The fourth-order valence-electron chi connectivity index (χ4n) is 3.97. The van der Waals surface area contributed by atoms with Crippen LogP contribution in [0.25, 0.3) is 0 Å². The Balaban J connectivity index is 0.00000242. The van der Waals surface area contributed by atoms with Crippen molar-refractivity contribution in [3.63, 3.8) is 0 Å². The second-order valence-electron chi connectivity index (χ2n) is 7.97. The van der Waals surface area contributed by atoms with Crippen LogP contribution < -0.4 is 12.4 Å². The van der Waals surface area contributed by atoms with Gasteiger partial charge in [0.2, 0.25) is 0 Å². The molecule has 0 aromatic heterocycles. The smallest absolute Gasteiger partial charge is 1.00 e. The summed E-state index contributed by atoms with van der Waals surface area (Å²) in [5.41, 5.74) is 12.2. The van der Waals surface area contributed by atoms with Crippen LogP contribution in [0.2, 0.25) is 0 Å². The van der Waals surface area contributed by atoms with Crippen molar-refractivity contribution in [2.24, 2.45) is 10.8 Å². The molecule has 2 aliphatic carbocycles. The molecule has 0 radical (unpaired) electrons. The second kappa shape index (κ2) is 7.09. The minimum Gasteiger partial charge on any atom is -1.00 e. The van der Waals surface area contributed by atoms with Crippen molar-refractivity contribution in [2.45, 2.75) is 69.2 Å². The molecular formula is C21H31ClZr. The summed E-state index contributed by atoms with van der Waals surface area (Å²) in [6.45, 7) is 23.1. The van der Waals surface area contributed by atoms with Gasteiger partial charge in [0.25, 0.3) is 0 Å². The summed E-state index contributed by atoms with van der Waals surface area (Å²) in [6.07, 6.45) is 2.49. The Hall–Kier alpha value is 0.00312. The van der Waals surface area contributed by atoms with E-state index in [2.05, 4.69) is 75.7 Å². The van der Waals surface area contributed by atoms with Crippen LogP contribution in [0.15, 0.2) is 44.6 Å². The van der Waals surface area contributed by atoms with Crippen LogP contribution in [0.4, 0.5) is 0 Å². The second-order valence-corrected chi connectivity index (χ2v) is 7.97. The third-order valence-corrected chi connectivity index (χ3v) is 6.57. The van der Waals surface area contributed by atoms with Crippen molar-refractivity contribution in [1.82, 2.24) is 0 Å². The molecule has 0 atom stereocenters. The molecule has 2 heteroatoms. The molecule has 0 nitrogen and oxygen atoms in total. The van der Waals surface area contributed by atoms with Gasteiger partial charge in [0.05, 0.1) is 0 Å². The number of halogens is 1. The summed E-state index contributed by atoms with van der Waals surface area (Å²) in [4.78, 5) is 0. The first kappa shape index (κ1) is 23.0. The minimum absolute atomic E-state index is 0. The molecule has 0 aromatic rings. The maximum absolute atomic E-state index is 2.49. The van der Waals surface area contributed by atoms with E-state index in [1.807, 2.05) is 0 Å². The van der Waals surface area contributed by atoms with Crippen molar-refractivity contribution >= 4 is 0 Å². The van der Waals surface area contributed by atoms with Gasteiger partial charge in [-0.1, -0.05) is 66.5 Å². The van der Waals surface area contributed by atoms with E-state index in [9.17, 15) is 0 Å². The maximum Gasteiger partial charge on any atom is 2.00 e. The summed E-state index contributed by atoms with van der Waals surface area (Å²) in [7, 11) is 0. The van der Waals surface area contributed by atoms with Crippen LogP contribution in [-0.2, 0) is 26.2 Å². The van der Waals surface area contributed by atoms with E-state index in [4.69, 9.17) is 0 Å². The van der Waals surface area contributed by atoms with E-state index < -0.39 is 0 Å². The molecule has 0 saturated carbocycles. The Morgan fingerprint density at radius 2 is 0.826 bits per heavy atom. The number of rotatable bonds is 2. The molecule has 2 rings (SSSR count). The molecule has 2 aliphatic rings. The van der Waals surface area contributed by atoms with Crippen LogP contribution in [0.1, 0.15) is 69.2 Å². The van der Waals surface area contributed by atoms with Crippen LogP contribution >= 0.6 is 0 Å². The maximum atomic E-state index is 2.49. The van der Waals surface area contributed by atoms with Crippen molar-refractivity contribution in [1.29, 1.82) is 0 Å². The largest absolute Gasteiger partial charge is 2.00 e. The van der Waals surface area contributed by atoms with Gasteiger partial charge in [-0.15, -0.1) is 33.4 Å². The van der Waals surface area contributed by atoms with Crippen LogP contribution in [0, 0.1) is 17.3 Å². The van der Waals surface area contributed by atoms with E-state index in [1.54, 1.807) is 0 Å². The zero-order valence-electron chi connectivity index (χ0n) is 16.5. The molecule has 0 bridgehead atoms. The average Bonchev–Trinajstić information content (AvgIpc) is 2.63. The van der Waals surface area contributed by atoms with Gasteiger partial charge in [-0.2, -0.15) is 6.42 Å². The fourth-order valence-corrected chi connectivity index (χ4v) is 3.97. The van der Waals surface area contributed by atoms with E-state index in [0.29, 0.717) is 0 Å². The molecule has 0 amide bonds. The first-order valence-corrected chi connectivity index (χ1v) is 8.08. The van der Waals surface area contributed by atoms with E-state index in [1.165, 1.54) is 44.6 Å². The van der Waals surface area contributed by atoms with E-state index in [0.717, 1.165) is 0 Å². The van der Waals surface area contributed by atoms with E-state index >= 15 is 0 Å². The fraction of sp³-hybridized carbons (Fsp3) is 0.571. The van der Waals surface area contributed by atoms with E-state index in [-0.39, 0.29) is 49.4 Å². The molecule has 0 heterocycles. The molecule has 23 heavy (non-hydrogen) atoms. The van der Waals surface area contributed by atoms with Gasteiger partial charge >= 0.3 is 26.2 Å². The standard InChI is InChI=1S/C21H31.ClH.Zr/c1-12-14(3)18(20(7,8)16(12)5)11-19-15(4)13(2)17(6)21(19,9)10;;/h11H,1-10H3;1H;/q-1;;+2/p-1. The number of allylic oxidation sites excluding steroid dienone is 8. The van der Waals surface area contributed by atoms with Crippen LogP contribution in [0.3, 0.4) is 0 Å². The summed E-state index contributed by atoms with van der Waals surface area (Å²) in [5.74, 6) is 0. The molecule has 0 unspecified atom stereocenters. The Labute approximate surface area is 169 Å². The Morgan fingerprint density at radius 1 is 0.565 bits per heavy atom. The predicted octanol–water partition coefficient (Wildman–Crippen LogP) is 3.58. The van der Waals surface area contributed by atoms with Crippen LogP contribution in [0.5, 0.6) is 0 Å². The zero-order chi connectivity index (χ0) is 16.3. The number of hydrogen-bond acceptors (Lipinski definition) is 0. The van der Waals surface area contributed by atoms with Gasteiger partial charge in [0, 0.05) is 0 Å². The molecular weight excluding hydrogens is 379 g/mol. The molecule has 0 N–H and O–H groups in total. The monoisotopic (exact) mass is 408 g/mol. The Morgan fingerprint density at radius 3 is 1.00 bits per heavy atom.